The van der Waals surface area contributed by atoms with Crippen LogP contribution in [0.2, 0.25) is 0 Å². The van der Waals surface area contributed by atoms with Gasteiger partial charge in [0.05, 0.1) is 13.2 Å². The van der Waals surface area contributed by atoms with Gasteiger partial charge in [0.2, 0.25) is 5.89 Å². The van der Waals surface area contributed by atoms with Crippen molar-refractivity contribution in [2.24, 2.45) is 5.92 Å². The van der Waals surface area contributed by atoms with E-state index in [4.69, 9.17) is 9.15 Å². The fourth-order valence-corrected chi connectivity index (χ4v) is 2.54. The van der Waals surface area contributed by atoms with Crippen molar-refractivity contribution in [1.82, 2.24) is 15.1 Å². The number of nitrogens with zero attached hydrogens (tertiary/aromatic N) is 3. The highest BCUT2D eigenvalue weighted by atomic mass is 16.5. The average molecular weight is 266 g/mol. The van der Waals surface area contributed by atoms with Gasteiger partial charge in [0, 0.05) is 31.5 Å². The van der Waals surface area contributed by atoms with Crippen LogP contribution < -0.4 is 5.32 Å². The molecular weight excluding hydrogens is 244 g/mol. The molecule has 2 fully saturated rings. The molecule has 1 aliphatic carbocycles. The van der Waals surface area contributed by atoms with Gasteiger partial charge >= 0.3 is 6.01 Å². The minimum absolute atomic E-state index is 0.464. The molecule has 106 valence electrons. The number of likely N-dealkylation sites (N-methyl/N-ethyl adjacent to an activating group) is 1. The quantitative estimate of drug-likeness (QED) is 0.887. The Morgan fingerprint density at radius 1 is 1.37 bits per heavy atom. The third-order valence-electron chi connectivity index (χ3n) is 3.98. The maximum Gasteiger partial charge on any atom is 0.315 e. The number of hydrogen-bond acceptors (Lipinski definition) is 6. The van der Waals surface area contributed by atoms with Crippen molar-refractivity contribution >= 4 is 6.01 Å². The van der Waals surface area contributed by atoms with E-state index in [1.807, 2.05) is 0 Å². The first-order valence-corrected chi connectivity index (χ1v) is 7.15. The van der Waals surface area contributed by atoms with Gasteiger partial charge in [-0.2, -0.15) is 0 Å². The molecule has 19 heavy (non-hydrogen) atoms. The third kappa shape index (κ3) is 3.25. The second-order valence-electron chi connectivity index (χ2n) is 5.66. The van der Waals surface area contributed by atoms with Gasteiger partial charge in [-0.05, 0) is 19.9 Å². The molecule has 0 spiro atoms. The summed E-state index contributed by atoms with van der Waals surface area (Å²) in [5.41, 5.74) is 0. The molecule has 0 bridgehead atoms. The lowest BCUT2D eigenvalue weighted by atomic mass is 9.85. The lowest BCUT2D eigenvalue weighted by Crippen LogP contribution is -2.30. The van der Waals surface area contributed by atoms with Crippen molar-refractivity contribution in [1.29, 1.82) is 0 Å². The molecule has 1 unspecified atom stereocenters. The van der Waals surface area contributed by atoms with Gasteiger partial charge in [-0.3, -0.25) is 0 Å². The minimum atomic E-state index is 0.464. The van der Waals surface area contributed by atoms with Gasteiger partial charge in [0.1, 0.15) is 0 Å². The second-order valence-corrected chi connectivity index (χ2v) is 5.66. The van der Waals surface area contributed by atoms with Crippen molar-refractivity contribution in [3.63, 3.8) is 0 Å². The number of ether oxygens (including phenoxy) is 1. The SMILES string of the molecule is CN1CCOCC(CNc2nnc(C3CCC3)o2)C1. The average Bonchev–Trinajstić information content (AvgIpc) is 2.67. The summed E-state index contributed by atoms with van der Waals surface area (Å²) < 4.78 is 11.2. The number of rotatable bonds is 4. The molecule has 2 heterocycles. The van der Waals surface area contributed by atoms with Gasteiger partial charge in [-0.15, -0.1) is 5.10 Å². The van der Waals surface area contributed by atoms with Gasteiger partial charge in [0.25, 0.3) is 0 Å². The number of hydrogen-bond donors (Lipinski definition) is 1. The molecule has 1 aromatic rings. The fraction of sp³-hybridized carbons (Fsp3) is 0.846. The van der Waals surface area contributed by atoms with E-state index in [0.29, 0.717) is 17.9 Å². The predicted octanol–water partition coefficient (Wildman–Crippen LogP) is 1.33. The van der Waals surface area contributed by atoms with Gasteiger partial charge in [-0.25, -0.2) is 0 Å². The first-order chi connectivity index (χ1) is 9.31. The summed E-state index contributed by atoms with van der Waals surface area (Å²) in [7, 11) is 2.13. The molecule has 1 N–H and O–H groups in total. The molecule has 1 atom stereocenters. The second kappa shape index (κ2) is 5.88. The third-order valence-corrected chi connectivity index (χ3v) is 3.98. The molecule has 0 aromatic carbocycles. The summed E-state index contributed by atoms with van der Waals surface area (Å²) in [5.74, 6) is 1.75. The number of aromatic nitrogens is 2. The van der Waals surface area contributed by atoms with Crippen LogP contribution in [0.1, 0.15) is 31.1 Å². The maximum absolute atomic E-state index is 5.65. The van der Waals surface area contributed by atoms with E-state index in [1.54, 1.807) is 0 Å². The Labute approximate surface area is 113 Å². The van der Waals surface area contributed by atoms with E-state index >= 15 is 0 Å². The van der Waals surface area contributed by atoms with Gasteiger partial charge in [0.15, 0.2) is 0 Å². The van der Waals surface area contributed by atoms with Gasteiger partial charge in [-0.1, -0.05) is 11.5 Å². The van der Waals surface area contributed by atoms with Crippen LogP contribution in [0.4, 0.5) is 6.01 Å². The van der Waals surface area contributed by atoms with E-state index in [1.165, 1.54) is 19.3 Å². The Hall–Kier alpha value is -1.14. The Kier molecular flexibility index (Phi) is 3.98. The topological polar surface area (TPSA) is 63.4 Å². The summed E-state index contributed by atoms with van der Waals surface area (Å²) in [6.07, 6.45) is 3.65. The number of nitrogens with one attached hydrogen (secondary N) is 1. The van der Waals surface area contributed by atoms with Crippen LogP contribution in [0, 0.1) is 5.92 Å². The van der Waals surface area contributed by atoms with Crippen LogP contribution in [0.15, 0.2) is 4.42 Å². The maximum atomic E-state index is 5.65. The van der Waals surface area contributed by atoms with E-state index < -0.39 is 0 Å². The van der Waals surface area contributed by atoms with Crippen LogP contribution in [0.3, 0.4) is 0 Å². The molecule has 1 aliphatic heterocycles. The van der Waals surface area contributed by atoms with Crippen molar-refractivity contribution in [3.05, 3.63) is 5.89 Å². The summed E-state index contributed by atoms with van der Waals surface area (Å²) in [6.45, 7) is 4.47. The highest BCUT2D eigenvalue weighted by Crippen LogP contribution is 2.35. The smallest absolute Gasteiger partial charge is 0.315 e. The molecule has 3 rings (SSSR count). The molecule has 1 saturated heterocycles. The van der Waals surface area contributed by atoms with Crippen molar-refractivity contribution in [2.45, 2.75) is 25.2 Å². The predicted molar refractivity (Wildman–Crippen MR) is 71.2 cm³/mol. The van der Waals surface area contributed by atoms with Gasteiger partial charge < -0.3 is 19.4 Å². The summed E-state index contributed by atoms with van der Waals surface area (Å²) in [4.78, 5) is 2.30. The van der Waals surface area contributed by atoms with Crippen molar-refractivity contribution in [3.8, 4) is 0 Å². The molecule has 1 aromatic heterocycles. The molecule has 2 aliphatic rings. The summed E-state index contributed by atoms with van der Waals surface area (Å²) >= 11 is 0. The standard InChI is InChI=1S/C13H22N4O2/c1-17-5-6-18-9-10(8-17)7-14-13-16-15-12(19-13)11-3-2-4-11/h10-11H,2-9H2,1H3,(H,14,16). The van der Waals surface area contributed by atoms with E-state index in [0.717, 1.165) is 38.7 Å². The van der Waals surface area contributed by atoms with Crippen LogP contribution in [0.25, 0.3) is 0 Å². The lowest BCUT2D eigenvalue weighted by Gasteiger charge is -2.20. The Bertz CT molecular complexity index is 405. The Balaban J connectivity index is 1.49. The zero-order valence-electron chi connectivity index (χ0n) is 11.5. The molecule has 0 radical (unpaired) electrons. The van der Waals surface area contributed by atoms with Crippen LogP contribution >= 0.6 is 0 Å². The molecule has 6 heteroatoms. The van der Waals surface area contributed by atoms with Crippen LogP contribution in [0.5, 0.6) is 0 Å². The normalized spacial score (nSPS) is 25.8. The number of anilines is 1. The summed E-state index contributed by atoms with van der Waals surface area (Å²) in [6, 6.07) is 0.550. The molecular formula is C13H22N4O2. The first kappa shape index (κ1) is 12.9. The monoisotopic (exact) mass is 266 g/mol. The minimum Gasteiger partial charge on any atom is -0.408 e. The lowest BCUT2D eigenvalue weighted by molar-refractivity contribution is 0.125. The van der Waals surface area contributed by atoms with Crippen molar-refractivity contribution in [2.75, 3.05) is 45.2 Å². The van der Waals surface area contributed by atoms with E-state index in [-0.39, 0.29) is 0 Å². The first-order valence-electron chi connectivity index (χ1n) is 7.15. The Morgan fingerprint density at radius 2 is 2.26 bits per heavy atom. The summed E-state index contributed by atoms with van der Waals surface area (Å²) in [5, 5.41) is 11.4. The Morgan fingerprint density at radius 3 is 3.05 bits per heavy atom. The molecule has 6 nitrogen and oxygen atoms in total. The molecule has 1 saturated carbocycles. The van der Waals surface area contributed by atoms with Crippen molar-refractivity contribution < 1.29 is 9.15 Å². The largest absolute Gasteiger partial charge is 0.408 e. The van der Waals surface area contributed by atoms with E-state index in [2.05, 4.69) is 27.5 Å². The highest BCUT2D eigenvalue weighted by Gasteiger charge is 2.25. The zero-order chi connectivity index (χ0) is 13.1. The molecule has 0 amide bonds. The van der Waals surface area contributed by atoms with Crippen LogP contribution in [-0.4, -0.2) is 55.0 Å². The van der Waals surface area contributed by atoms with Crippen LogP contribution in [-0.2, 0) is 4.74 Å². The van der Waals surface area contributed by atoms with E-state index in [9.17, 15) is 0 Å². The fourth-order valence-electron chi connectivity index (χ4n) is 2.54. The zero-order valence-corrected chi connectivity index (χ0v) is 11.5. The highest BCUT2D eigenvalue weighted by molar-refractivity contribution is 5.18.